The van der Waals surface area contributed by atoms with Crippen LogP contribution in [0.25, 0.3) is 0 Å². The molecule has 8 heteroatoms. The van der Waals surface area contributed by atoms with Crippen molar-refractivity contribution in [3.8, 4) is 11.5 Å². The molecule has 3 aliphatic rings. The maximum absolute atomic E-state index is 13.0. The van der Waals surface area contributed by atoms with Crippen molar-refractivity contribution < 1.29 is 19.1 Å². The molecule has 1 saturated carbocycles. The Hall–Kier alpha value is -2.77. The van der Waals surface area contributed by atoms with Crippen LogP contribution in [0.15, 0.2) is 23.2 Å². The van der Waals surface area contributed by atoms with E-state index in [-0.39, 0.29) is 41.8 Å². The van der Waals surface area contributed by atoms with Gasteiger partial charge in [-0.05, 0) is 45.2 Å². The van der Waals surface area contributed by atoms with E-state index < -0.39 is 5.54 Å². The van der Waals surface area contributed by atoms with Gasteiger partial charge in [0.2, 0.25) is 11.8 Å². The minimum atomic E-state index is -0.468. The lowest BCUT2D eigenvalue weighted by Crippen LogP contribution is -2.50. The van der Waals surface area contributed by atoms with Crippen molar-refractivity contribution in [2.24, 2.45) is 22.6 Å². The van der Waals surface area contributed by atoms with Crippen LogP contribution >= 0.6 is 0 Å². The second-order valence-electron chi connectivity index (χ2n) is 9.16. The van der Waals surface area contributed by atoms with Gasteiger partial charge in [-0.1, -0.05) is 6.07 Å². The number of ether oxygens (including phenoxy) is 2. The fourth-order valence-corrected chi connectivity index (χ4v) is 4.48. The van der Waals surface area contributed by atoms with E-state index in [2.05, 4.69) is 10.3 Å². The summed E-state index contributed by atoms with van der Waals surface area (Å²) in [6, 6.07) is 5.49. The van der Waals surface area contributed by atoms with Crippen molar-refractivity contribution in [2.75, 3.05) is 13.7 Å². The van der Waals surface area contributed by atoms with Crippen LogP contribution in [0, 0.1) is 11.8 Å². The number of guanidine groups is 1. The van der Waals surface area contributed by atoms with Gasteiger partial charge in [0.05, 0.1) is 36.8 Å². The quantitative estimate of drug-likeness (QED) is 0.766. The SMILES string of the molecule is COc1cccc2c1[C@@H](NC(=O)[C@H]1C[C@@H]1CN1C(=O)CC(C)(C)N=C1N)CC(C)O2. The molecule has 0 aromatic heterocycles. The molecule has 0 radical (unpaired) electrons. The molecular weight excluding hydrogens is 384 g/mol. The first kappa shape index (κ1) is 20.5. The number of carbonyl (C=O) groups is 2. The minimum Gasteiger partial charge on any atom is -0.496 e. The lowest BCUT2D eigenvalue weighted by atomic mass is 9.95. The number of benzene rings is 1. The lowest BCUT2D eigenvalue weighted by molar-refractivity contribution is -0.130. The Morgan fingerprint density at radius 2 is 2.17 bits per heavy atom. The predicted molar refractivity (Wildman–Crippen MR) is 112 cm³/mol. The van der Waals surface area contributed by atoms with E-state index in [4.69, 9.17) is 15.2 Å². The zero-order chi connectivity index (χ0) is 21.6. The van der Waals surface area contributed by atoms with E-state index in [1.807, 2.05) is 39.0 Å². The highest BCUT2D eigenvalue weighted by Crippen LogP contribution is 2.44. The van der Waals surface area contributed by atoms with E-state index in [0.717, 1.165) is 17.7 Å². The normalized spacial score (nSPS) is 29.4. The number of nitrogens with one attached hydrogen (secondary N) is 1. The number of nitrogens with zero attached hydrogens (tertiary/aromatic N) is 2. The summed E-state index contributed by atoms with van der Waals surface area (Å²) in [7, 11) is 1.62. The molecule has 1 unspecified atom stereocenters. The van der Waals surface area contributed by atoms with Crippen LogP contribution in [-0.4, -0.2) is 48.0 Å². The molecule has 30 heavy (non-hydrogen) atoms. The Morgan fingerprint density at radius 1 is 1.40 bits per heavy atom. The first-order chi connectivity index (χ1) is 14.2. The summed E-state index contributed by atoms with van der Waals surface area (Å²) in [5, 5.41) is 3.18. The zero-order valence-electron chi connectivity index (χ0n) is 18.0. The van der Waals surface area contributed by atoms with Gasteiger partial charge in [-0.3, -0.25) is 14.5 Å². The van der Waals surface area contributed by atoms with Gasteiger partial charge >= 0.3 is 0 Å². The number of nitrogens with two attached hydrogens (primary N) is 1. The highest BCUT2D eigenvalue weighted by atomic mass is 16.5. The topological polar surface area (TPSA) is 106 Å². The summed E-state index contributed by atoms with van der Waals surface area (Å²) in [6.07, 6.45) is 1.74. The summed E-state index contributed by atoms with van der Waals surface area (Å²) >= 11 is 0. The van der Waals surface area contributed by atoms with E-state index >= 15 is 0 Å². The maximum Gasteiger partial charge on any atom is 0.231 e. The van der Waals surface area contributed by atoms with E-state index in [0.29, 0.717) is 25.1 Å². The average molecular weight is 415 g/mol. The first-order valence-electron chi connectivity index (χ1n) is 10.5. The third kappa shape index (κ3) is 3.95. The lowest BCUT2D eigenvalue weighted by Gasteiger charge is -2.33. The molecule has 2 heterocycles. The molecule has 4 rings (SSSR count). The predicted octanol–water partition coefficient (Wildman–Crippen LogP) is 1.99. The smallest absolute Gasteiger partial charge is 0.231 e. The first-order valence-corrected chi connectivity index (χ1v) is 10.5. The Balaban J connectivity index is 1.42. The summed E-state index contributed by atoms with van der Waals surface area (Å²) in [5.41, 5.74) is 6.43. The average Bonchev–Trinajstić information content (AvgIpc) is 3.42. The second kappa shape index (κ2) is 7.49. The molecule has 0 spiro atoms. The maximum atomic E-state index is 13.0. The summed E-state index contributed by atoms with van der Waals surface area (Å²) in [4.78, 5) is 31.3. The van der Waals surface area contributed by atoms with Crippen LogP contribution in [0.4, 0.5) is 0 Å². The number of fused-ring (bicyclic) bond motifs is 1. The van der Waals surface area contributed by atoms with Gasteiger partial charge in [0, 0.05) is 18.9 Å². The Kier molecular flexibility index (Phi) is 5.11. The van der Waals surface area contributed by atoms with Gasteiger partial charge in [-0.2, -0.15) is 0 Å². The highest BCUT2D eigenvalue weighted by Gasteiger charge is 2.47. The molecule has 1 fully saturated rings. The molecule has 3 N–H and O–H groups in total. The summed E-state index contributed by atoms with van der Waals surface area (Å²) in [6.45, 7) is 6.21. The third-order valence-electron chi connectivity index (χ3n) is 6.06. The van der Waals surface area contributed by atoms with E-state index in [1.54, 1.807) is 7.11 Å². The van der Waals surface area contributed by atoms with Crippen LogP contribution in [0.1, 0.15) is 51.6 Å². The number of carbonyl (C=O) groups excluding carboxylic acids is 2. The monoisotopic (exact) mass is 414 g/mol. The molecule has 4 atom stereocenters. The molecule has 0 bridgehead atoms. The molecule has 2 amide bonds. The molecule has 2 aliphatic heterocycles. The van der Waals surface area contributed by atoms with Crippen molar-refractivity contribution in [2.45, 2.75) is 57.7 Å². The van der Waals surface area contributed by atoms with Crippen LogP contribution in [0.5, 0.6) is 11.5 Å². The summed E-state index contributed by atoms with van der Waals surface area (Å²) in [5.74, 6) is 1.64. The van der Waals surface area contributed by atoms with Gasteiger partial charge < -0.3 is 20.5 Å². The molecule has 0 saturated heterocycles. The van der Waals surface area contributed by atoms with Crippen molar-refractivity contribution in [1.29, 1.82) is 0 Å². The molecule has 162 valence electrons. The minimum absolute atomic E-state index is 0.00347. The largest absolute Gasteiger partial charge is 0.496 e. The fraction of sp³-hybridized carbons (Fsp3) is 0.591. The Morgan fingerprint density at radius 3 is 2.87 bits per heavy atom. The summed E-state index contributed by atoms with van der Waals surface area (Å²) < 4.78 is 11.4. The van der Waals surface area contributed by atoms with Crippen molar-refractivity contribution in [1.82, 2.24) is 10.2 Å². The molecule has 1 aliphatic carbocycles. The number of aliphatic imine (C=N–C) groups is 1. The van der Waals surface area contributed by atoms with E-state index in [1.165, 1.54) is 4.90 Å². The van der Waals surface area contributed by atoms with Crippen LogP contribution in [-0.2, 0) is 9.59 Å². The van der Waals surface area contributed by atoms with Crippen molar-refractivity contribution in [3.63, 3.8) is 0 Å². The van der Waals surface area contributed by atoms with Crippen LogP contribution in [0.3, 0.4) is 0 Å². The van der Waals surface area contributed by atoms with E-state index in [9.17, 15) is 9.59 Å². The van der Waals surface area contributed by atoms with Gasteiger partial charge in [0.25, 0.3) is 0 Å². The number of hydrogen-bond donors (Lipinski definition) is 2. The molecule has 1 aromatic carbocycles. The van der Waals surface area contributed by atoms with Gasteiger partial charge in [0.1, 0.15) is 11.5 Å². The van der Waals surface area contributed by atoms with Crippen molar-refractivity contribution in [3.05, 3.63) is 23.8 Å². The molecular formula is C22H30N4O4. The molecule has 1 aromatic rings. The third-order valence-corrected chi connectivity index (χ3v) is 6.06. The zero-order valence-corrected chi connectivity index (χ0v) is 18.0. The standard InChI is InChI=1S/C22H30N4O4/c1-12-8-15(19-16(29-4)6-5-7-17(19)30-12)24-20(28)14-9-13(14)11-26-18(27)10-22(2,3)25-21(26)23/h5-7,12-15H,8-11H2,1-4H3,(H2,23,25)(H,24,28)/t12?,13-,14+,15+/m1/s1. The number of rotatable bonds is 5. The van der Waals surface area contributed by atoms with Gasteiger partial charge in [-0.15, -0.1) is 0 Å². The Bertz CT molecular complexity index is 897. The molecule has 8 nitrogen and oxygen atoms in total. The second-order valence-corrected chi connectivity index (χ2v) is 9.16. The van der Waals surface area contributed by atoms with Crippen molar-refractivity contribution >= 4 is 17.8 Å². The van der Waals surface area contributed by atoms with Crippen LogP contribution < -0.4 is 20.5 Å². The van der Waals surface area contributed by atoms with Gasteiger partial charge in [0.15, 0.2) is 5.96 Å². The number of hydrogen-bond acceptors (Lipinski definition) is 6. The Labute approximate surface area is 176 Å². The van der Waals surface area contributed by atoms with Gasteiger partial charge in [-0.25, -0.2) is 4.99 Å². The van der Waals surface area contributed by atoms with Crippen LogP contribution in [0.2, 0.25) is 0 Å². The fourth-order valence-electron chi connectivity index (χ4n) is 4.48. The number of methoxy groups -OCH3 is 1. The highest BCUT2D eigenvalue weighted by molar-refractivity contribution is 5.99. The number of amides is 2.